The average Bonchev–Trinajstić information content (AvgIpc) is 3.24. The van der Waals surface area contributed by atoms with Gasteiger partial charge < -0.3 is 9.80 Å². The molecule has 2 aromatic rings. The number of anilines is 2. The predicted molar refractivity (Wildman–Crippen MR) is 102 cm³/mol. The highest BCUT2D eigenvalue weighted by Gasteiger charge is 2.39. The van der Waals surface area contributed by atoms with E-state index in [1.165, 1.54) is 0 Å². The van der Waals surface area contributed by atoms with Gasteiger partial charge in [-0.2, -0.15) is 5.26 Å². The van der Waals surface area contributed by atoms with E-state index in [1.54, 1.807) is 34.1 Å². The van der Waals surface area contributed by atoms with E-state index in [2.05, 4.69) is 22.0 Å². The lowest BCUT2D eigenvalue weighted by molar-refractivity contribution is -0.124. The van der Waals surface area contributed by atoms with Gasteiger partial charge in [-0.05, 0) is 48.4 Å². The summed E-state index contributed by atoms with van der Waals surface area (Å²) < 4.78 is 1.00. The lowest BCUT2D eigenvalue weighted by Gasteiger charge is -2.22. The van der Waals surface area contributed by atoms with E-state index in [9.17, 15) is 9.59 Å². The molecule has 2 heterocycles. The van der Waals surface area contributed by atoms with Crippen molar-refractivity contribution in [2.45, 2.75) is 12.8 Å². The Labute approximate surface area is 159 Å². The van der Waals surface area contributed by atoms with Crippen molar-refractivity contribution in [2.24, 2.45) is 5.92 Å². The molecule has 0 bridgehead atoms. The van der Waals surface area contributed by atoms with Crippen molar-refractivity contribution >= 4 is 39.1 Å². The highest BCUT2D eigenvalue weighted by atomic mass is 79.9. The number of carbonyl (C=O) groups excluding carboxylic acids is 2. The summed E-state index contributed by atoms with van der Waals surface area (Å²) in [7, 11) is 0. The number of nitriles is 1. The van der Waals surface area contributed by atoms with Gasteiger partial charge in [0.1, 0.15) is 0 Å². The summed E-state index contributed by atoms with van der Waals surface area (Å²) in [4.78, 5) is 28.9. The van der Waals surface area contributed by atoms with Gasteiger partial charge in [0, 0.05) is 35.4 Å². The Hall–Kier alpha value is -2.65. The fraction of sp³-hybridized carbons (Fsp3) is 0.250. The summed E-state index contributed by atoms with van der Waals surface area (Å²) in [5.41, 5.74) is 3.27. The van der Waals surface area contributed by atoms with Crippen molar-refractivity contribution in [1.82, 2.24) is 0 Å². The fourth-order valence-corrected chi connectivity index (χ4v) is 4.09. The minimum atomic E-state index is -0.358. The smallest absolute Gasteiger partial charge is 0.232 e. The van der Waals surface area contributed by atoms with Gasteiger partial charge in [0.25, 0.3) is 0 Å². The zero-order valence-electron chi connectivity index (χ0n) is 14.0. The van der Waals surface area contributed by atoms with Gasteiger partial charge in [0.05, 0.1) is 17.6 Å². The third-order valence-electron chi connectivity index (χ3n) is 4.96. The van der Waals surface area contributed by atoms with Crippen molar-refractivity contribution in [2.75, 3.05) is 22.9 Å². The molecule has 0 aromatic heterocycles. The lowest BCUT2D eigenvalue weighted by Crippen LogP contribution is -2.36. The first-order chi connectivity index (χ1) is 12.6. The third kappa shape index (κ3) is 2.89. The Morgan fingerprint density at radius 1 is 1.23 bits per heavy atom. The number of benzene rings is 2. The van der Waals surface area contributed by atoms with E-state index < -0.39 is 0 Å². The summed E-state index contributed by atoms with van der Waals surface area (Å²) in [5.74, 6) is -0.435. The van der Waals surface area contributed by atoms with Gasteiger partial charge in [-0.1, -0.05) is 22.0 Å². The minimum Gasteiger partial charge on any atom is -0.312 e. The molecule has 6 heteroatoms. The molecule has 0 radical (unpaired) electrons. The number of halogens is 1. The monoisotopic (exact) mass is 409 g/mol. The van der Waals surface area contributed by atoms with Crippen molar-refractivity contribution in [1.29, 1.82) is 5.26 Å². The van der Waals surface area contributed by atoms with Crippen LogP contribution in [0.15, 0.2) is 46.9 Å². The predicted octanol–water partition coefficient (Wildman–Crippen LogP) is 3.26. The highest BCUT2D eigenvalue weighted by Crippen LogP contribution is 2.34. The number of hydrogen-bond acceptors (Lipinski definition) is 3. The molecule has 1 atom stereocenters. The number of hydrogen-bond donors (Lipinski definition) is 0. The Morgan fingerprint density at radius 3 is 2.88 bits per heavy atom. The molecule has 2 aromatic carbocycles. The SMILES string of the molecule is N#Cc1cccc(N2CC(C(=O)N3CCc4cc(Br)ccc43)CC2=O)c1. The zero-order chi connectivity index (χ0) is 18.3. The first-order valence-corrected chi connectivity index (χ1v) is 9.26. The summed E-state index contributed by atoms with van der Waals surface area (Å²) >= 11 is 3.46. The van der Waals surface area contributed by atoms with Gasteiger partial charge in [-0.3, -0.25) is 9.59 Å². The van der Waals surface area contributed by atoms with Crippen LogP contribution in [0, 0.1) is 17.2 Å². The van der Waals surface area contributed by atoms with Crippen molar-refractivity contribution in [3.8, 4) is 6.07 Å². The maximum atomic E-state index is 13.0. The Bertz CT molecular complexity index is 950. The molecule has 0 N–H and O–H groups in total. The van der Waals surface area contributed by atoms with Crippen LogP contribution in [-0.4, -0.2) is 24.9 Å². The molecular weight excluding hydrogens is 394 g/mol. The Balaban J connectivity index is 1.54. The van der Waals surface area contributed by atoms with Crippen molar-refractivity contribution in [3.05, 3.63) is 58.1 Å². The highest BCUT2D eigenvalue weighted by molar-refractivity contribution is 9.10. The van der Waals surface area contributed by atoms with Crippen molar-refractivity contribution < 1.29 is 9.59 Å². The summed E-state index contributed by atoms with van der Waals surface area (Å²) in [6.45, 7) is 1.01. The second-order valence-corrected chi connectivity index (χ2v) is 7.50. The molecule has 0 saturated carbocycles. The van der Waals surface area contributed by atoms with E-state index in [4.69, 9.17) is 5.26 Å². The second kappa shape index (κ2) is 6.58. The molecular formula is C20H16BrN3O2. The fourth-order valence-electron chi connectivity index (χ4n) is 3.69. The topological polar surface area (TPSA) is 64.4 Å². The standard InChI is InChI=1S/C20H16BrN3O2/c21-16-4-5-18-14(9-16)6-7-23(18)20(26)15-10-19(25)24(12-15)17-3-1-2-13(8-17)11-22/h1-5,8-9,15H,6-7,10,12H2. The average molecular weight is 410 g/mol. The van der Waals surface area contributed by atoms with Crippen LogP contribution in [0.2, 0.25) is 0 Å². The van der Waals surface area contributed by atoms with Gasteiger partial charge >= 0.3 is 0 Å². The van der Waals surface area contributed by atoms with Gasteiger partial charge in [0.15, 0.2) is 0 Å². The van der Waals surface area contributed by atoms with Crippen LogP contribution in [0.5, 0.6) is 0 Å². The molecule has 26 heavy (non-hydrogen) atoms. The number of rotatable bonds is 2. The van der Waals surface area contributed by atoms with Crippen LogP contribution in [-0.2, 0) is 16.0 Å². The molecule has 1 fully saturated rings. The third-order valence-corrected chi connectivity index (χ3v) is 5.46. The number of fused-ring (bicyclic) bond motifs is 1. The number of nitrogens with zero attached hydrogens (tertiary/aromatic N) is 3. The van der Waals surface area contributed by atoms with E-state index in [1.807, 2.05) is 18.2 Å². The van der Waals surface area contributed by atoms with Crippen LogP contribution in [0.25, 0.3) is 0 Å². The van der Waals surface area contributed by atoms with E-state index in [0.29, 0.717) is 24.3 Å². The first kappa shape index (κ1) is 16.8. The van der Waals surface area contributed by atoms with Crippen LogP contribution >= 0.6 is 15.9 Å². The quantitative estimate of drug-likeness (QED) is 0.764. The molecule has 2 aliphatic heterocycles. The summed E-state index contributed by atoms with van der Waals surface area (Å²) in [5, 5.41) is 9.05. The van der Waals surface area contributed by atoms with Crippen LogP contribution < -0.4 is 9.80 Å². The second-order valence-electron chi connectivity index (χ2n) is 6.58. The molecule has 0 aliphatic carbocycles. The Morgan fingerprint density at radius 2 is 2.08 bits per heavy atom. The van der Waals surface area contributed by atoms with Gasteiger partial charge in [0.2, 0.25) is 11.8 Å². The number of carbonyl (C=O) groups is 2. The molecule has 2 amide bonds. The van der Waals surface area contributed by atoms with Gasteiger partial charge in [-0.25, -0.2) is 0 Å². The zero-order valence-corrected chi connectivity index (χ0v) is 15.6. The molecule has 1 unspecified atom stereocenters. The molecule has 130 valence electrons. The van der Waals surface area contributed by atoms with Crippen LogP contribution in [0.1, 0.15) is 17.5 Å². The first-order valence-electron chi connectivity index (χ1n) is 8.47. The maximum absolute atomic E-state index is 13.0. The molecule has 5 nitrogen and oxygen atoms in total. The lowest BCUT2D eigenvalue weighted by atomic mass is 10.1. The largest absolute Gasteiger partial charge is 0.312 e. The van der Waals surface area contributed by atoms with E-state index >= 15 is 0 Å². The van der Waals surface area contributed by atoms with Crippen molar-refractivity contribution in [3.63, 3.8) is 0 Å². The minimum absolute atomic E-state index is 0.00152. The Kier molecular flexibility index (Phi) is 4.25. The normalized spacial score (nSPS) is 18.8. The summed E-state index contributed by atoms with van der Waals surface area (Å²) in [6.07, 6.45) is 1.03. The van der Waals surface area contributed by atoms with Gasteiger partial charge in [-0.15, -0.1) is 0 Å². The molecule has 2 aliphatic rings. The number of amides is 2. The van der Waals surface area contributed by atoms with Crippen LogP contribution in [0.4, 0.5) is 11.4 Å². The molecule has 1 saturated heterocycles. The van der Waals surface area contributed by atoms with E-state index in [-0.39, 0.29) is 24.2 Å². The van der Waals surface area contributed by atoms with E-state index in [0.717, 1.165) is 22.1 Å². The summed E-state index contributed by atoms with van der Waals surface area (Å²) in [6, 6.07) is 15.0. The van der Waals surface area contributed by atoms with Crippen LogP contribution in [0.3, 0.4) is 0 Å². The maximum Gasteiger partial charge on any atom is 0.232 e. The molecule has 0 spiro atoms. The molecule has 4 rings (SSSR count).